The summed E-state index contributed by atoms with van der Waals surface area (Å²) in [4.78, 5) is 15.7. The number of hydrogen-bond acceptors (Lipinski definition) is 4. The van der Waals surface area contributed by atoms with E-state index in [1.807, 2.05) is 13.0 Å². The van der Waals surface area contributed by atoms with Crippen LogP contribution in [0.4, 0.5) is 0 Å². The van der Waals surface area contributed by atoms with E-state index in [1.165, 1.54) is 5.56 Å². The summed E-state index contributed by atoms with van der Waals surface area (Å²) in [5.41, 5.74) is -0.865. The standard InChI is InChI=1S/C23H31NO3/c1-3-27-20(25)22-14-9-13-21(12-7-8-15-23(21,22)26)16-24(17-22)18(2)19-10-5-4-6-11-19/h4-8,10-11,18,26H,3,9,12-17H2,1-2H3/t18-,21-,22-,23+/m0/s1. The summed E-state index contributed by atoms with van der Waals surface area (Å²) < 4.78 is 5.55. The van der Waals surface area contributed by atoms with Crippen LogP contribution in [0.2, 0.25) is 0 Å². The van der Waals surface area contributed by atoms with Crippen molar-refractivity contribution in [2.75, 3.05) is 19.7 Å². The molecule has 0 radical (unpaired) electrons. The molecule has 2 aliphatic carbocycles. The van der Waals surface area contributed by atoms with Gasteiger partial charge in [-0.05, 0) is 45.1 Å². The third-order valence-electron chi connectivity index (χ3n) is 7.49. The van der Waals surface area contributed by atoms with Crippen LogP contribution < -0.4 is 0 Å². The zero-order valence-corrected chi connectivity index (χ0v) is 16.5. The van der Waals surface area contributed by atoms with Gasteiger partial charge >= 0.3 is 5.97 Å². The molecule has 1 heterocycles. The highest BCUT2D eigenvalue weighted by atomic mass is 16.5. The van der Waals surface area contributed by atoms with Gasteiger partial charge in [-0.1, -0.05) is 48.9 Å². The number of hydrogen-bond donors (Lipinski definition) is 1. The van der Waals surface area contributed by atoms with E-state index in [1.54, 1.807) is 0 Å². The van der Waals surface area contributed by atoms with Crippen LogP contribution >= 0.6 is 0 Å². The fourth-order valence-electron chi connectivity index (χ4n) is 5.99. The molecule has 3 aliphatic rings. The first-order chi connectivity index (χ1) is 13.0. The maximum atomic E-state index is 13.3. The number of esters is 1. The number of likely N-dealkylation sites (tertiary alicyclic amines) is 1. The van der Waals surface area contributed by atoms with Gasteiger partial charge in [0.05, 0.1) is 12.2 Å². The quantitative estimate of drug-likeness (QED) is 0.647. The zero-order valence-electron chi connectivity index (χ0n) is 16.5. The highest BCUT2D eigenvalue weighted by Crippen LogP contribution is 2.63. The van der Waals surface area contributed by atoms with Crippen LogP contribution in [0.15, 0.2) is 42.5 Å². The maximum Gasteiger partial charge on any atom is 0.316 e. The first-order valence-corrected chi connectivity index (χ1v) is 10.3. The Bertz CT molecular complexity index is 732. The third-order valence-corrected chi connectivity index (χ3v) is 7.49. The number of allylic oxidation sites excluding steroid dienone is 1. The van der Waals surface area contributed by atoms with Crippen molar-refractivity contribution in [1.29, 1.82) is 0 Å². The molecule has 1 aromatic rings. The molecule has 146 valence electrons. The Kier molecular flexibility index (Phi) is 4.68. The van der Waals surface area contributed by atoms with Crippen LogP contribution in [0.25, 0.3) is 0 Å². The fraction of sp³-hybridized carbons (Fsp3) is 0.609. The van der Waals surface area contributed by atoms with Gasteiger partial charge in [0.2, 0.25) is 0 Å². The summed E-state index contributed by atoms with van der Waals surface area (Å²) in [5, 5.41) is 12.0. The van der Waals surface area contributed by atoms with Crippen molar-refractivity contribution in [2.24, 2.45) is 10.8 Å². The summed E-state index contributed by atoms with van der Waals surface area (Å²) in [5.74, 6) is -0.211. The lowest BCUT2D eigenvalue weighted by Crippen LogP contribution is -2.75. The number of nitrogens with zero attached hydrogens (tertiary/aromatic N) is 1. The third kappa shape index (κ3) is 2.60. The molecule has 0 unspecified atom stereocenters. The molecular weight excluding hydrogens is 338 g/mol. The molecule has 0 amide bonds. The van der Waals surface area contributed by atoms with Crippen molar-refractivity contribution < 1.29 is 14.6 Å². The Hall–Kier alpha value is -1.65. The second-order valence-electron chi connectivity index (χ2n) is 8.67. The normalized spacial score (nSPS) is 36.7. The predicted octanol–water partition coefficient (Wildman–Crippen LogP) is 3.86. The Morgan fingerprint density at radius 1 is 1.19 bits per heavy atom. The van der Waals surface area contributed by atoms with Crippen LogP contribution in [0.3, 0.4) is 0 Å². The van der Waals surface area contributed by atoms with E-state index < -0.39 is 11.0 Å². The SMILES string of the molecule is CCOC(=O)[C@@]12CCC[C@@]3(CC=CC[C@@]31O)CN([C@@H](C)c1ccccc1)C2. The Morgan fingerprint density at radius 3 is 2.67 bits per heavy atom. The lowest BCUT2D eigenvalue weighted by atomic mass is 9.45. The van der Waals surface area contributed by atoms with Gasteiger partial charge in [0, 0.05) is 24.5 Å². The molecule has 1 N–H and O–H groups in total. The number of benzene rings is 1. The van der Waals surface area contributed by atoms with Gasteiger partial charge in [0.15, 0.2) is 0 Å². The average Bonchev–Trinajstić information content (AvgIpc) is 2.67. The Balaban J connectivity index is 1.77. The van der Waals surface area contributed by atoms with Crippen molar-refractivity contribution in [3.05, 3.63) is 48.0 Å². The van der Waals surface area contributed by atoms with Crippen molar-refractivity contribution in [3.8, 4) is 0 Å². The number of ether oxygens (including phenoxy) is 1. The lowest BCUT2D eigenvalue weighted by molar-refractivity contribution is -0.254. The van der Waals surface area contributed by atoms with E-state index in [9.17, 15) is 9.90 Å². The Morgan fingerprint density at radius 2 is 1.93 bits per heavy atom. The van der Waals surface area contributed by atoms with E-state index in [-0.39, 0.29) is 17.4 Å². The molecule has 1 aromatic carbocycles. The van der Waals surface area contributed by atoms with Gasteiger partial charge in [-0.25, -0.2) is 0 Å². The minimum Gasteiger partial charge on any atom is -0.465 e. The molecule has 1 aliphatic heterocycles. The van der Waals surface area contributed by atoms with E-state index in [2.05, 4.69) is 48.2 Å². The molecule has 4 heteroatoms. The zero-order chi connectivity index (χ0) is 19.1. The summed E-state index contributed by atoms with van der Waals surface area (Å²) in [6.07, 6.45) is 8.30. The maximum absolute atomic E-state index is 13.3. The van der Waals surface area contributed by atoms with Crippen molar-refractivity contribution in [1.82, 2.24) is 4.90 Å². The molecule has 2 bridgehead atoms. The van der Waals surface area contributed by atoms with Crippen LogP contribution in [0.5, 0.6) is 0 Å². The van der Waals surface area contributed by atoms with Crippen LogP contribution in [0.1, 0.15) is 57.6 Å². The molecule has 2 fully saturated rings. The number of piperidine rings is 1. The highest BCUT2D eigenvalue weighted by Gasteiger charge is 2.71. The average molecular weight is 370 g/mol. The van der Waals surface area contributed by atoms with E-state index in [0.717, 1.165) is 25.8 Å². The highest BCUT2D eigenvalue weighted by molar-refractivity contribution is 5.80. The van der Waals surface area contributed by atoms with Gasteiger partial charge in [-0.2, -0.15) is 0 Å². The van der Waals surface area contributed by atoms with Gasteiger partial charge < -0.3 is 9.84 Å². The molecule has 4 nitrogen and oxygen atoms in total. The summed E-state index contributed by atoms with van der Waals surface area (Å²) in [7, 11) is 0. The topological polar surface area (TPSA) is 49.8 Å². The fourth-order valence-corrected chi connectivity index (χ4v) is 5.99. The van der Waals surface area contributed by atoms with E-state index >= 15 is 0 Å². The monoisotopic (exact) mass is 369 g/mol. The molecule has 4 rings (SSSR count). The molecule has 1 saturated carbocycles. The predicted molar refractivity (Wildman–Crippen MR) is 105 cm³/mol. The van der Waals surface area contributed by atoms with E-state index in [4.69, 9.17) is 4.74 Å². The lowest BCUT2D eigenvalue weighted by Gasteiger charge is -2.66. The van der Waals surface area contributed by atoms with Gasteiger partial charge in [0.25, 0.3) is 0 Å². The van der Waals surface area contributed by atoms with Gasteiger partial charge in [-0.3, -0.25) is 9.69 Å². The molecule has 0 aromatic heterocycles. The molecular formula is C23H31NO3. The smallest absolute Gasteiger partial charge is 0.316 e. The molecule has 4 atom stereocenters. The number of aliphatic hydroxyl groups is 1. The summed E-state index contributed by atoms with van der Waals surface area (Å²) in [6.45, 7) is 5.80. The first-order valence-electron chi connectivity index (χ1n) is 10.3. The van der Waals surface area contributed by atoms with Crippen molar-refractivity contribution in [3.63, 3.8) is 0 Å². The summed E-state index contributed by atoms with van der Waals surface area (Å²) >= 11 is 0. The van der Waals surface area contributed by atoms with Crippen molar-refractivity contribution in [2.45, 2.75) is 57.6 Å². The second kappa shape index (κ2) is 6.75. The minimum atomic E-state index is -1.01. The van der Waals surface area contributed by atoms with Gasteiger partial charge in [-0.15, -0.1) is 0 Å². The van der Waals surface area contributed by atoms with Crippen LogP contribution in [-0.4, -0.2) is 41.3 Å². The van der Waals surface area contributed by atoms with Crippen LogP contribution in [0, 0.1) is 10.8 Å². The Labute approximate surface area is 162 Å². The van der Waals surface area contributed by atoms with E-state index in [0.29, 0.717) is 26.0 Å². The van der Waals surface area contributed by atoms with Crippen molar-refractivity contribution >= 4 is 5.97 Å². The molecule has 1 saturated heterocycles. The largest absolute Gasteiger partial charge is 0.465 e. The number of carbonyl (C=O) groups is 1. The second-order valence-corrected chi connectivity index (χ2v) is 8.67. The molecule has 27 heavy (non-hydrogen) atoms. The summed E-state index contributed by atoms with van der Waals surface area (Å²) in [6, 6.07) is 10.7. The first kappa shape index (κ1) is 18.7. The number of rotatable bonds is 4. The van der Waals surface area contributed by atoms with Crippen LogP contribution in [-0.2, 0) is 9.53 Å². The minimum absolute atomic E-state index is 0.199. The van der Waals surface area contributed by atoms with Gasteiger partial charge in [0.1, 0.15) is 5.41 Å². The number of carbonyl (C=O) groups excluding carboxylic acids is 1. The molecule has 0 spiro atoms.